The van der Waals surface area contributed by atoms with Crippen molar-refractivity contribution in [3.05, 3.63) is 223 Å². The molecular formula is C55H32N6. The SMILES string of the molecule is [C-]#[N+]c1ccc(-c2ccc3c(c2)c2ccccc2n3-c2c(-c3cccc(C#N)c3)cc(-c3nc(-c4ccccc4)cc(-c4ccccc4)n3)cc2-c2cccc([N+]#[C-])c2)cc1. The fraction of sp³-hybridized carbons (Fsp3) is 0. The molecule has 0 saturated heterocycles. The van der Waals surface area contributed by atoms with Gasteiger partial charge < -0.3 is 4.57 Å². The minimum absolute atomic E-state index is 0.520. The predicted molar refractivity (Wildman–Crippen MR) is 246 cm³/mol. The molecule has 0 bridgehead atoms. The van der Waals surface area contributed by atoms with Crippen LogP contribution in [0.3, 0.4) is 0 Å². The number of hydrogen-bond acceptors (Lipinski definition) is 3. The summed E-state index contributed by atoms with van der Waals surface area (Å²) >= 11 is 0. The Bertz CT molecular complexity index is 3300. The zero-order chi connectivity index (χ0) is 41.3. The third-order valence-electron chi connectivity index (χ3n) is 11.0. The van der Waals surface area contributed by atoms with Gasteiger partial charge in [0.05, 0.1) is 52.9 Å². The van der Waals surface area contributed by atoms with Crippen LogP contribution in [0.1, 0.15) is 5.56 Å². The summed E-state index contributed by atoms with van der Waals surface area (Å²) in [5.41, 5.74) is 14.4. The van der Waals surface area contributed by atoms with Crippen LogP contribution in [-0.2, 0) is 0 Å². The predicted octanol–water partition coefficient (Wildman–Crippen LogP) is 14.5. The maximum absolute atomic E-state index is 10.2. The van der Waals surface area contributed by atoms with Gasteiger partial charge in [-0.3, -0.25) is 0 Å². The molecule has 0 aliphatic rings. The minimum Gasteiger partial charge on any atom is -0.308 e. The van der Waals surface area contributed by atoms with Crippen LogP contribution >= 0.6 is 0 Å². The monoisotopic (exact) mass is 776 g/mol. The molecule has 0 saturated carbocycles. The third-order valence-corrected chi connectivity index (χ3v) is 11.0. The zero-order valence-electron chi connectivity index (χ0n) is 32.7. The lowest BCUT2D eigenvalue weighted by Crippen LogP contribution is -2.03. The Morgan fingerprint density at radius 2 is 1.00 bits per heavy atom. The molecule has 10 rings (SSSR count). The fourth-order valence-corrected chi connectivity index (χ4v) is 8.16. The van der Waals surface area contributed by atoms with E-state index in [0.29, 0.717) is 22.8 Å². The van der Waals surface area contributed by atoms with Gasteiger partial charge in [0.1, 0.15) is 0 Å². The molecule has 2 heterocycles. The van der Waals surface area contributed by atoms with Gasteiger partial charge in [0, 0.05) is 38.6 Å². The summed E-state index contributed by atoms with van der Waals surface area (Å²) in [6.45, 7) is 15.4. The molecule has 0 aliphatic carbocycles. The van der Waals surface area contributed by atoms with Gasteiger partial charge in [-0.1, -0.05) is 140 Å². The van der Waals surface area contributed by atoms with Crippen LogP contribution in [0.2, 0.25) is 0 Å². The largest absolute Gasteiger partial charge is 0.308 e. The standard InChI is InChI=1S/C55H32N6/c1-57-44-26-23-37(24-27-44)40-25-28-53-49(31-40)46-21-9-10-22-52(46)61(53)54-47(41-18-11-13-36(29-41)35-56)32-43(33-48(54)42-19-12-20-45(30-42)58-2)55-59-50(38-14-5-3-6-15-38)34-51(60-55)39-16-7-4-8-17-39/h3-34H. The van der Waals surface area contributed by atoms with Crippen molar-refractivity contribution < 1.29 is 0 Å². The quantitative estimate of drug-likeness (QED) is 0.151. The summed E-state index contributed by atoms with van der Waals surface area (Å²) in [4.78, 5) is 17.9. The maximum Gasteiger partial charge on any atom is 0.187 e. The number of aromatic nitrogens is 3. The van der Waals surface area contributed by atoms with Crippen LogP contribution in [0.5, 0.6) is 0 Å². The molecule has 0 spiro atoms. The van der Waals surface area contributed by atoms with Crippen LogP contribution in [0.15, 0.2) is 194 Å². The number of hydrogen-bond donors (Lipinski definition) is 0. The molecule has 6 nitrogen and oxygen atoms in total. The first-order chi connectivity index (χ1) is 30.1. The Labute approximate surface area is 353 Å². The van der Waals surface area contributed by atoms with E-state index >= 15 is 0 Å². The van der Waals surface area contributed by atoms with Gasteiger partial charge in [-0.25, -0.2) is 19.7 Å². The summed E-state index contributed by atoms with van der Waals surface area (Å²) < 4.78 is 2.31. The molecule has 6 heteroatoms. The second-order valence-electron chi connectivity index (χ2n) is 14.7. The van der Waals surface area contributed by atoms with E-state index in [0.717, 1.165) is 89.0 Å². The molecule has 2 aromatic heterocycles. The van der Waals surface area contributed by atoms with Gasteiger partial charge in [0.25, 0.3) is 0 Å². The Balaban J connectivity index is 1.32. The second kappa shape index (κ2) is 15.5. The van der Waals surface area contributed by atoms with E-state index in [1.54, 1.807) is 0 Å². The van der Waals surface area contributed by atoms with Crippen molar-refractivity contribution in [1.82, 2.24) is 14.5 Å². The average Bonchev–Trinajstić information content (AvgIpc) is 3.67. The van der Waals surface area contributed by atoms with Gasteiger partial charge in [0.2, 0.25) is 0 Å². The van der Waals surface area contributed by atoms with Crippen LogP contribution in [-0.4, -0.2) is 14.5 Å². The van der Waals surface area contributed by atoms with E-state index in [4.69, 9.17) is 23.1 Å². The highest BCUT2D eigenvalue weighted by atomic mass is 15.0. The highest BCUT2D eigenvalue weighted by Crippen LogP contribution is 2.45. The molecule has 61 heavy (non-hydrogen) atoms. The Morgan fingerprint density at radius 1 is 0.426 bits per heavy atom. The zero-order valence-corrected chi connectivity index (χ0v) is 32.7. The first-order valence-corrected chi connectivity index (χ1v) is 19.8. The molecule has 0 N–H and O–H groups in total. The summed E-state index contributed by atoms with van der Waals surface area (Å²) in [6.07, 6.45) is 0. The number of nitrogens with zero attached hydrogens (tertiary/aromatic N) is 6. The molecule has 8 aromatic carbocycles. The molecule has 282 valence electrons. The highest BCUT2D eigenvalue weighted by Gasteiger charge is 2.23. The van der Waals surface area contributed by atoms with Crippen molar-refractivity contribution in [2.24, 2.45) is 0 Å². The molecule has 0 atom stereocenters. The van der Waals surface area contributed by atoms with Crippen molar-refractivity contribution in [3.8, 4) is 79.0 Å². The normalized spacial score (nSPS) is 10.9. The topological polar surface area (TPSA) is 63.2 Å². The lowest BCUT2D eigenvalue weighted by atomic mass is 9.91. The van der Waals surface area contributed by atoms with E-state index in [-0.39, 0.29) is 0 Å². The van der Waals surface area contributed by atoms with Crippen LogP contribution in [0.4, 0.5) is 11.4 Å². The van der Waals surface area contributed by atoms with Gasteiger partial charge in [-0.2, -0.15) is 5.26 Å². The van der Waals surface area contributed by atoms with E-state index in [2.05, 4.69) is 99.2 Å². The fourth-order valence-electron chi connectivity index (χ4n) is 8.16. The molecular weight excluding hydrogens is 745 g/mol. The van der Waals surface area contributed by atoms with Crippen LogP contribution < -0.4 is 0 Å². The number of fused-ring (bicyclic) bond motifs is 3. The first-order valence-electron chi connectivity index (χ1n) is 19.8. The molecule has 0 fully saturated rings. The first kappa shape index (κ1) is 36.5. The van der Waals surface area contributed by atoms with Gasteiger partial charge >= 0.3 is 0 Å². The van der Waals surface area contributed by atoms with Gasteiger partial charge in [0.15, 0.2) is 17.2 Å². The van der Waals surface area contributed by atoms with E-state index in [1.165, 1.54) is 0 Å². The average molecular weight is 777 g/mol. The third kappa shape index (κ3) is 6.75. The van der Waals surface area contributed by atoms with Crippen molar-refractivity contribution >= 4 is 33.2 Å². The number of para-hydroxylation sites is 1. The van der Waals surface area contributed by atoms with E-state index in [1.807, 2.05) is 115 Å². The number of nitriles is 1. The molecule has 0 radical (unpaired) electrons. The van der Waals surface area contributed by atoms with Crippen molar-refractivity contribution in [2.45, 2.75) is 0 Å². The molecule has 0 aliphatic heterocycles. The van der Waals surface area contributed by atoms with Crippen molar-refractivity contribution in [1.29, 1.82) is 5.26 Å². The minimum atomic E-state index is 0.520. The number of rotatable bonds is 7. The van der Waals surface area contributed by atoms with Gasteiger partial charge in [-0.15, -0.1) is 0 Å². The lowest BCUT2D eigenvalue weighted by Gasteiger charge is -2.21. The molecule has 0 amide bonds. The molecule has 10 aromatic rings. The number of benzene rings is 8. The van der Waals surface area contributed by atoms with Crippen molar-refractivity contribution in [2.75, 3.05) is 0 Å². The summed E-state index contributed by atoms with van der Waals surface area (Å²) in [5.74, 6) is 0.545. The Kier molecular flexibility index (Phi) is 9.24. The highest BCUT2D eigenvalue weighted by molar-refractivity contribution is 6.12. The maximum atomic E-state index is 10.2. The summed E-state index contributed by atoms with van der Waals surface area (Å²) in [6, 6.07) is 67.0. The van der Waals surface area contributed by atoms with Crippen LogP contribution in [0.25, 0.3) is 104 Å². The Morgan fingerprint density at radius 3 is 1.66 bits per heavy atom. The smallest absolute Gasteiger partial charge is 0.187 e. The summed E-state index contributed by atoms with van der Waals surface area (Å²) in [7, 11) is 0. The van der Waals surface area contributed by atoms with Gasteiger partial charge in [-0.05, 0) is 76.9 Å². The van der Waals surface area contributed by atoms with E-state index < -0.39 is 0 Å². The second-order valence-corrected chi connectivity index (χ2v) is 14.7. The Hall–Kier alpha value is -8.89. The van der Waals surface area contributed by atoms with E-state index in [9.17, 15) is 5.26 Å². The summed E-state index contributed by atoms with van der Waals surface area (Å²) in [5, 5.41) is 12.3. The lowest BCUT2D eigenvalue weighted by molar-refractivity contribution is 1.17. The van der Waals surface area contributed by atoms with Crippen molar-refractivity contribution in [3.63, 3.8) is 0 Å². The van der Waals surface area contributed by atoms with Crippen LogP contribution in [0, 0.1) is 24.5 Å². The molecule has 0 unspecified atom stereocenters.